The van der Waals surface area contributed by atoms with Crippen LogP contribution >= 0.6 is 11.8 Å². The van der Waals surface area contributed by atoms with E-state index in [9.17, 15) is 4.79 Å². The van der Waals surface area contributed by atoms with E-state index in [1.54, 1.807) is 6.08 Å². The molecule has 0 unspecified atom stereocenters. The van der Waals surface area contributed by atoms with Crippen LogP contribution in [0.15, 0.2) is 82.5 Å². The number of hydrazone groups is 1. The van der Waals surface area contributed by atoms with Gasteiger partial charge in [0, 0.05) is 11.9 Å². The molecule has 0 aliphatic carbocycles. The summed E-state index contributed by atoms with van der Waals surface area (Å²) in [7, 11) is 0. The second-order valence-corrected chi connectivity index (χ2v) is 10.5. The summed E-state index contributed by atoms with van der Waals surface area (Å²) in [6, 6.07) is 19.8. The highest BCUT2D eigenvalue weighted by Gasteiger charge is 2.36. The van der Waals surface area contributed by atoms with Gasteiger partial charge < -0.3 is 14.0 Å². The van der Waals surface area contributed by atoms with Crippen molar-refractivity contribution >= 4 is 39.8 Å². The summed E-state index contributed by atoms with van der Waals surface area (Å²) in [5.41, 5.74) is 3.31. The topological polar surface area (TPSA) is 92.3 Å². The summed E-state index contributed by atoms with van der Waals surface area (Å²) < 4.78 is 13.8. The molecule has 5 rings (SSSR count). The average Bonchev–Trinajstić information content (AvgIpc) is 3.57. The lowest BCUT2D eigenvalue weighted by Crippen LogP contribution is -2.35. The standard InChI is InChI=1S/C30H31N5O3S/c1-4-20(2)22-11-13-24(14-12-22)37-17-16-34-15-7-9-23(34)18-25-28(31)35-30(32-29(25)36)39-27(33-35)19-38-26-10-6-5-8-21(26)3/h5-15,18,20,31H,4,16-17,19H2,1-3H3/b25-18-,31-28?/t20-/m0/s1. The van der Waals surface area contributed by atoms with Crippen molar-refractivity contribution in [2.45, 2.75) is 39.7 Å². The Balaban J connectivity index is 1.23. The molecule has 0 radical (unpaired) electrons. The molecular formula is C30H31N5O3S. The second-order valence-electron chi connectivity index (χ2n) is 9.42. The number of nitrogens with one attached hydrogen (secondary N) is 1. The van der Waals surface area contributed by atoms with Gasteiger partial charge >= 0.3 is 0 Å². The van der Waals surface area contributed by atoms with Gasteiger partial charge in [0.2, 0.25) is 5.17 Å². The SMILES string of the molecule is CC[C@H](C)c1ccc(OCCn2cccc2/C=C2/C(=N)N3N=C(COc4ccccc4C)SC3=NC2=O)cc1. The first kappa shape index (κ1) is 26.5. The molecule has 1 aromatic heterocycles. The van der Waals surface area contributed by atoms with Gasteiger partial charge in [-0.05, 0) is 78.6 Å². The number of amides is 1. The molecule has 39 heavy (non-hydrogen) atoms. The number of carbonyl (C=O) groups excluding carboxylic acids is 1. The van der Waals surface area contributed by atoms with Gasteiger partial charge in [0.05, 0.1) is 12.1 Å². The number of benzene rings is 2. The molecule has 8 nitrogen and oxygen atoms in total. The van der Waals surface area contributed by atoms with E-state index in [2.05, 4.69) is 36.1 Å². The van der Waals surface area contributed by atoms with Gasteiger partial charge in [-0.15, -0.1) is 0 Å². The van der Waals surface area contributed by atoms with Crippen LogP contribution in [0.4, 0.5) is 0 Å². The van der Waals surface area contributed by atoms with Crippen molar-refractivity contribution in [3.63, 3.8) is 0 Å². The maximum Gasteiger partial charge on any atom is 0.283 e. The second kappa shape index (κ2) is 11.7. The Kier molecular flexibility index (Phi) is 7.97. The third-order valence-electron chi connectivity index (χ3n) is 6.76. The van der Waals surface area contributed by atoms with Gasteiger partial charge in [-0.2, -0.15) is 15.1 Å². The van der Waals surface area contributed by atoms with Crippen LogP contribution in [0.2, 0.25) is 0 Å². The Morgan fingerprint density at radius 2 is 1.87 bits per heavy atom. The minimum absolute atomic E-state index is 0.00575. The fourth-order valence-corrected chi connectivity index (χ4v) is 5.05. The number of thioether (sulfide) groups is 1. The van der Waals surface area contributed by atoms with E-state index in [4.69, 9.17) is 14.9 Å². The summed E-state index contributed by atoms with van der Waals surface area (Å²) in [6.07, 6.45) is 4.72. The van der Waals surface area contributed by atoms with Crippen LogP contribution < -0.4 is 9.47 Å². The van der Waals surface area contributed by atoms with Gasteiger partial charge in [-0.25, -0.2) is 0 Å². The molecule has 1 amide bonds. The molecule has 1 atom stereocenters. The predicted octanol–water partition coefficient (Wildman–Crippen LogP) is 6.09. The van der Waals surface area contributed by atoms with Crippen LogP contribution in [0.25, 0.3) is 6.08 Å². The number of aromatic nitrogens is 1. The minimum atomic E-state index is -0.458. The minimum Gasteiger partial charge on any atom is -0.492 e. The van der Waals surface area contributed by atoms with Crippen molar-refractivity contribution in [1.82, 2.24) is 9.58 Å². The summed E-state index contributed by atoms with van der Waals surface area (Å²) in [4.78, 5) is 17.0. The summed E-state index contributed by atoms with van der Waals surface area (Å²) in [5, 5.41) is 15.6. The van der Waals surface area contributed by atoms with Gasteiger partial charge in [-0.1, -0.05) is 44.2 Å². The number of aryl methyl sites for hydroxylation is 1. The van der Waals surface area contributed by atoms with Crippen molar-refractivity contribution in [2.75, 3.05) is 13.2 Å². The molecule has 2 aliphatic heterocycles. The molecule has 0 fully saturated rings. The molecular weight excluding hydrogens is 510 g/mol. The van der Waals surface area contributed by atoms with Crippen LogP contribution in [-0.2, 0) is 11.3 Å². The molecule has 3 aromatic rings. The zero-order valence-corrected chi connectivity index (χ0v) is 23.1. The summed E-state index contributed by atoms with van der Waals surface area (Å²) in [5.74, 6) is 1.66. The Labute approximate surface area is 232 Å². The van der Waals surface area contributed by atoms with Crippen LogP contribution in [0, 0.1) is 12.3 Å². The number of hydrogen-bond acceptors (Lipinski definition) is 6. The maximum absolute atomic E-state index is 12.9. The highest BCUT2D eigenvalue weighted by atomic mass is 32.2. The van der Waals surface area contributed by atoms with Crippen LogP contribution in [0.5, 0.6) is 11.5 Å². The van der Waals surface area contributed by atoms with Gasteiger partial charge in [0.15, 0.2) is 5.84 Å². The monoisotopic (exact) mass is 541 g/mol. The first-order chi connectivity index (χ1) is 18.9. The number of amidine groups is 2. The zero-order valence-electron chi connectivity index (χ0n) is 22.3. The summed E-state index contributed by atoms with van der Waals surface area (Å²) >= 11 is 1.24. The first-order valence-corrected chi connectivity index (χ1v) is 13.8. The highest BCUT2D eigenvalue weighted by molar-refractivity contribution is 8.27. The van der Waals surface area contributed by atoms with E-state index in [1.807, 2.05) is 66.2 Å². The lowest BCUT2D eigenvalue weighted by molar-refractivity contribution is -0.114. The van der Waals surface area contributed by atoms with Crippen molar-refractivity contribution in [3.05, 3.63) is 89.3 Å². The van der Waals surface area contributed by atoms with Gasteiger partial charge in [0.25, 0.3) is 5.91 Å². The largest absolute Gasteiger partial charge is 0.492 e. The number of rotatable bonds is 10. The molecule has 0 saturated carbocycles. The molecule has 0 saturated heterocycles. The van der Waals surface area contributed by atoms with Crippen molar-refractivity contribution in [2.24, 2.45) is 10.1 Å². The van der Waals surface area contributed by atoms with E-state index in [1.165, 1.54) is 22.3 Å². The number of ether oxygens (including phenoxy) is 2. The quantitative estimate of drug-likeness (QED) is 0.314. The fourth-order valence-electron chi connectivity index (χ4n) is 4.25. The lowest BCUT2D eigenvalue weighted by atomic mass is 9.99. The molecule has 3 heterocycles. The maximum atomic E-state index is 12.9. The number of fused-ring (bicyclic) bond motifs is 1. The number of hydrogen-bond donors (Lipinski definition) is 1. The molecule has 0 bridgehead atoms. The van der Waals surface area contributed by atoms with E-state index in [0.717, 1.165) is 29.2 Å². The Morgan fingerprint density at radius 1 is 1.08 bits per heavy atom. The number of para-hydroxylation sites is 1. The molecule has 2 aromatic carbocycles. The van der Waals surface area contributed by atoms with Gasteiger partial charge in [-0.3, -0.25) is 10.2 Å². The smallest absolute Gasteiger partial charge is 0.283 e. The first-order valence-electron chi connectivity index (χ1n) is 13.0. The number of nitrogens with zero attached hydrogens (tertiary/aromatic N) is 4. The molecule has 200 valence electrons. The van der Waals surface area contributed by atoms with Gasteiger partial charge in [0.1, 0.15) is 29.8 Å². The Morgan fingerprint density at radius 3 is 2.64 bits per heavy atom. The molecule has 1 N–H and O–H groups in total. The Hall–Kier alpha value is -4.11. The normalized spacial score (nSPS) is 16.7. The van der Waals surface area contributed by atoms with E-state index in [0.29, 0.717) is 29.3 Å². The number of aliphatic imine (C=N–C) groups is 1. The van der Waals surface area contributed by atoms with E-state index >= 15 is 0 Å². The van der Waals surface area contributed by atoms with Crippen molar-refractivity contribution in [1.29, 1.82) is 5.41 Å². The summed E-state index contributed by atoms with van der Waals surface area (Å²) in [6.45, 7) is 7.67. The highest BCUT2D eigenvalue weighted by Crippen LogP contribution is 2.29. The van der Waals surface area contributed by atoms with Crippen LogP contribution in [-0.4, -0.2) is 44.7 Å². The average molecular weight is 542 g/mol. The van der Waals surface area contributed by atoms with E-state index < -0.39 is 5.91 Å². The number of carbonyl (C=O) groups is 1. The zero-order chi connectivity index (χ0) is 27.4. The molecule has 9 heteroatoms. The molecule has 0 spiro atoms. The lowest BCUT2D eigenvalue weighted by Gasteiger charge is -2.20. The third kappa shape index (κ3) is 5.98. The van der Waals surface area contributed by atoms with E-state index in [-0.39, 0.29) is 18.0 Å². The fraction of sp³-hybridized carbons (Fsp3) is 0.267. The van der Waals surface area contributed by atoms with Crippen molar-refractivity contribution in [3.8, 4) is 11.5 Å². The van der Waals surface area contributed by atoms with Crippen LogP contribution in [0.3, 0.4) is 0 Å². The Bertz CT molecular complexity index is 1470. The predicted molar refractivity (Wildman–Crippen MR) is 157 cm³/mol. The third-order valence-corrected chi connectivity index (χ3v) is 7.64. The molecule has 2 aliphatic rings. The van der Waals surface area contributed by atoms with Crippen LogP contribution in [0.1, 0.15) is 43.0 Å². The van der Waals surface area contributed by atoms with Crippen molar-refractivity contribution < 1.29 is 14.3 Å².